The third-order valence-corrected chi connectivity index (χ3v) is 2.58. The number of benzene rings is 1. The topological polar surface area (TPSA) is 43.4 Å². The van der Waals surface area contributed by atoms with Crippen LogP contribution in [0.2, 0.25) is 0 Å². The van der Waals surface area contributed by atoms with Gasteiger partial charge in [0.15, 0.2) is 0 Å². The summed E-state index contributed by atoms with van der Waals surface area (Å²) in [6.45, 7) is 0. The van der Waals surface area contributed by atoms with Gasteiger partial charge in [-0.25, -0.2) is 0 Å². The Kier molecular flexibility index (Phi) is 3.13. The summed E-state index contributed by atoms with van der Waals surface area (Å²) in [5.74, 6) is -0.744. The normalized spacial score (nSPS) is 12.6. The van der Waals surface area contributed by atoms with Crippen LogP contribution in [-0.4, -0.2) is 15.5 Å². The largest absolute Gasteiger partial charge is 0.496 e. The van der Waals surface area contributed by atoms with Crippen molar-refractivity contribution in [1.82, 2.24) is 0 Å². The van der Waals surface area contributed by atoms with E-state index in [-0.39, 0.29) is 0 Å². The zero-order valence-electron chi connectivity index (χ0n) is 7.88. The van der Waals surface area contributed by atoms with Crippen molar-refractivity contribution in [2.45, 2.75) is 11.1 Å². The molecule has 0 N–H and O–H groups in total. The van der Waals surface area contributed by atoms with Gasteiger partial charge in [0.25, 0.3) is 0 Å². The highest BCUT2D eigenvalue weighted by Gasteiger charge is 2.35. The zero-order valence-corrected chi connectivity index (χ0v) is 8.69. The van der Waals surface area contributed by atoms with Crippen molar-refractivity contribution < 1.29 is 30.2 Å². The highest BCUT2D eigenvalue weighted by atomic mass is 32.3. The summed E-state index contributed by atoms with van der Waals surface area (Å²) in [6.07, 6.45) is -4.69. The number of hydrogen-bond donors (Lipinski definition) is 0. The summed E-state index contributed by atoms with van der Waals surface area (Å²) in [5, 5.41) is 0. The summed E-state index contributed by atoms with van der Waals surface area (Å²) in [5.41, 5.74) is -1.16. The molecule has 0 saturated carbocycles. The second-order valence-electron chi connectivity index (χ2n) is 2.80. The molecule has 0 spiro atoms. The molecule has 0 aliphatic carbocycles. The summed E-state index contributed by atoms with van der Waals surface area (Å²) >= 11 is 0. The summed E-state index contributed by atoms with van der Waals surface area (Å²) in [6, 6.07) is 1.46. The molecule has 0 bridgehead atoms. The Morgan fingerprint density at radius 3 is 2.19 bits per heavy atom. The van der Waals surface area contributed by atoms with Crippen molar-refractivity contribution in [3.63, 3.8) is 0 Å². The lowest BCUT2D eigenvalue weighted by atomic mass is 10.2. The van der Waals surface area contributed by atoms with Crippen LogP contribution in [0.25, 0.3) is 0 Å². The van der Waals surface area contributed by atoms with E-state index in [1.807, 2.05) is 0 Å². The van der Waals surface area contributed by atoms with Crippen LogP contribution in [0.15, 0.2) is 23.1 Å². The van der Waals surface area contributed by atoms with E-state index in [0.717, 1.165) is 7.11 Å². The number of ether oxygens (including phenoxy) is 1. The standard InChI is InChI=1S/C8H6F4O3S/c1-15-7-4-5(16(12,13)14)2-3-6(7)8(9,10)11/h2-4H,1H3. The Morgan fingerprint density at radius 2 is 1.81 bits per heavy atom. The molecule has 0 aliphatic heterocycles. The fourth-order valence-corrected chi connectivity index (χ4v) is 1.54. The van der Waals surface area contributed by atoms with Crippen LogP contribution in [0.4, 0.5) is 17.1 Å². The first kappa shape index (κ1) is 12.8. The molecule has 3 nitrogen and oxygen atoms in total. The highest BCUT2D eigenvalue weighted by molar-refractivity contribution is 7.86. The van der Waals surface area contributed by atoms with E-state index in [4.69, 9.17) is 0 Å². The average molecular weight is 258 g/mol. The molecule has 0 fully saturated rings. The number of rotatable bonds is 2. The molecule has 1 aromatic carbocycles. The van der Waals surface area contributed by atoms with Crippen molar-refractivity contribution in [2.75, 3.05) is 7.11 Å². The first-order valence-electron chi connectivity index (χ1n) is 3.86. The second-order valence-corrected chi connectivity index (χ2v) is 4.14. The number of alkyl halides is 3. The molecule has 1 aromatic rings. The van der Waals surface area contributed by atoms with Gasteiger partial charge in [-0.05, 0) is 12.1 Å². The van der Waals surface area contributed by atoms with Crippen LogP contribution < -0.4 is 4.74 Å². The average Bonchev–Trinajstić information content (AvgIpc) is 2.14. The lowest BCUT2D eigenvalue weighted by molar-refractivity contribution is -0.138. The van der Waals surface area contributed by atoms with Crippen LogP contribution in [0, 0.1) is 0 Å². The molecular formula is C8H6F4O3S. The van der Waals surface area contributed by atoms with E-state index in [9.17, 15) is 25.5 Å². The van der Waals surface area contributed by atoms with Crippen molar-refractivity contribution in [3.8, 4) is 5.75 Å². The lowest BCUT2D eigenvalue weighted by Gasteiger charge is -2.11. The third kappa shape index (κ3) is 2.63. The van der Waals surface area contributed by atoms with E-state index in [2.05, 4.69) is 4.74 Å². The van der Waals surface area contributed by atoms with Crippen molar-refractivity contribution in [1.29, 1.82) is 0 Å². The SMILES string of the molecule is COc1cc(S(=O)(=O)F)ccc1C(F)(F)F. The zero-order chi connectivity index (χ0) is 12.6. The maximum Gasteiger partial charge on any atom is 0.419 e. The van der Waals surface area contributed by atoms with Gasteiger partial charge in [-0.1, -0.05) is 0 Å². The lowest BCUT2D eigenvalue weighted by Crippen LogP contribution is -2.08. The Morgan fingerprint density at radius 1 is 1.25 bits per heavy atom. The summed E-state index contributed by atoms with van der Waals surface area (Å²) in [7, 11) is -4.12. The van der Waals surface area contributed by atoms with Crippen molar-refractivity contribution >= 4 is 10.2 Å². The molecule has 0 radical (unpaired) electrons. The third-order valence-electron chi connectivity index (χ3n) is 1.76. The van der Waals surface area contributed by atoms with E-state index in [1.54, 1.807) is 0 Å². The van der Waals surface area contributed by atoms with Gasteiger partial charge in [0.05, 0.1) is 12.7 Å². The molecule has 1 rings (SSSR count). The fraction of sp³-hybridized carbons (Fsp3) is 0.250. The molecule has 16 heavy (non-hydrogen) atoms. The maximum absolute atomic E-state index is 12.5. The van der Waals surface area contributed by atoms with Gasteiger partial charge in [-0.15, -0.1) is 3.89 Å². The Labute approximate surface area is 88.9 Å². The minimum absolute atomic E-state index is 0.450. The molecule has 0 aromatic heterocycles. The van der Waals surface area contributed by atoms with Gasteiger partial charge in [-0.2, -0.15) is 21.6 Å². The van der Waals surface area contributed by atoms with Crippen LogP contribution in [-0.2, 0) is 16.4 Å². The van der Waals surface area contributed by atoms with Gasteiger partial charge < -0.3 is 4.74 Å². The van der Waals surface area contributed by atoms with Crippen LogP contribution in [0.3, 0.4) is 0 Å². The molecular weight excluding hydrogens is 252 g/mol. The van der Waals surface area contributed by atoms with Gasteiger partial charge in [0.2, 0.25) is 0 Å². The van der Waals surface area contributed by atoms with Gasteiger partial charge in [-0.3, -0.25) is 0 Å². The first-order valence-corrected chi connectivity index (χ1v) is 5.24. The van der Waals surface area contributed by atoms with E-state index in [1.165, 1.54) is 0 Å². The molecule has 0 heterocycles. The predicted octanol–water partition coefficient (Wildman–Crippen LogP) is 2.37. The predicted molar refractivity (Wildman–Crippen MR) is 46.3 cm³/mol. The molecule has 8 heteroatoms. The summed E-state index contributed by atoms with van der Waals surface area (Å²) in [4.78, 5) is -0.877. The van der Waals surface area contributed by atoms with Crippen molar-refractivity contribution in [3.05, 3.63) is 23.8 Å². The second kappa shape index (κ2) is 3.93. The quantitative estimate of drug-likeness (QED) is 0.604. The molecule has 0 amide bonds. The molecule has 0 saturated heterocycles. The number of methoxy groups -OCH3 is 1. The molecule has 0 atom stereocenters. The van der Waals surface area contributed by atoms with Crippen LogP contribution in [0.5, 0.6) is 5.75 Å². The minimum Gasteiger partial charge on any atom is -0.496 e. The summed E-state index contributed by atoms with van der Waals surface area (Å²) < 4.78 is 74.8. The monoisotopic (exact) mass is 258 g/mol. The van der Waals surface area contributed by atoms with Crippen molar-refractivity contribution in [2.24, 2.45) is 0 Å². The van der Waals surface area contributed by atoms with Gasteiger partial charge in [0, 0.05) is 6.07 Å². The van der Waals surface area contributed by atoms with Gasteiger partial charge in [0.1, 0.15) is 10.6 Å². The smallest absolute Gasteiger partial charge is 0.419 e. The number of halogens is 4. The number of hydrogen-bond acceptors (Lipinski definition) is 3. The Bertz CT molecular complexity index is 492. The maximum atomic E-state index is 12.5. The van der Waals surface area contributed by atoms with Crippen LogP contribution >= 0.6 is 0 Å². The Balaban J connectivity index is 3.40. The molecule has 0 aliphatic rings. The van der Waals surface area contributed by atoms with Gasteiger partial charge >= 0.3 is 16.4 Å². The highest BCUT2D eigenvalue weighted by Crippen LogP contribution is 2.37. The van der Waals surface area contributed by atoms with E-state index < -0.39 is 32.6 Å². The fourth-order valence-electron chi connectivity index (χ4n) is 1.06. The van der Waals surface area contributed by atoms with E-state index in [0.29, 0.717) is 18.2 Å². The molecule has 0 unspecified atom stereocenters. The Hall–Kier alpha value is -1.31. The first-order chi connectivity index (χ1) is 7.16. The minimum atomic E-state index is -5.05. The molecule has 90 valence electrons. The van der Waals surface area contributed by atoms with Crippen LogP contribution in [0.1, 0.15) is 5.56 Å². The van der Waals surface area contributed by atoms with E-state index >= 15 is 0 Å².